The van der Waals surface area contributed by atoms with Gasteiger partial charge in [-0.1, -0.05) is 24.3 Å². The lowest BCUT2D eigenvalue weighted by Gasteiger charge is -2.22. The lowest BCUT2D eigenvalue weighted by atomic mass is 9.86. The van der Waals surface area contributed by atoms with Crippen LogP contribution in [0.25, 0.3) is 0 Å². The number of nitrogens with one attached hydrogen (secondary N) is 1. The highest BCUT2D eigenvalue weighted by Gasteiger charge is 2.21. The first kappa shape index (κ1) is 15.9. The number of aromatic hydroxyl groups is 1. The Morgan fingerprint density at radius 2 is 1.87 bits per heavy atom. The monoisotopic (exact) mass is 311 g/mol. The standard InChI is InChI=1S/C20H25NO2/c1-23-20-10-6-16(7-11-20)17(14-18-3-2-12-21-18)13-15-4-8-19(22)9-5-15/h4-11,17-18,21-22H,2-3,12-14H2,1H3. The zero-order valence-corrected chi connectivity index (χ0v) is 13.7. The molecule has 0 radical (unpaired) electrons. The summed E-state index contributed by atoms with van der Waals surface area (Å²) in [6.07, 6.45) is 4.68. The van der Waals surface area contributed by atoms with Crippen LogP contribution in [0, 0.1) is 0 Å². The van der Waals surface area contributed by atoms with Crippen LogP contribution >= 0.6 is 0 Å². The van der Waals surface area contributed by atoms with Gasteiger partial charge in [-0.15, -0.1) is 0 Å². The van der Waals surface area contributed by atoms with Gasteiger partial charge >= 0.3 is 0 Å². The van der Waals surface area contributed by atoms with Crippen LogP contribution in [0.15, 0.2) is 48.5 Å². The van der Waals surface area contributed by atoms with Gasteiger partial charge in [0.25, 0.3) is 0 Å². The number of hydrogen-bond acceptors (Lipinski definition) is 3. The fourth-order valence-electron chi connectivity index (χ4n) is 3.43. The summed E-state index contributed by atoms with van der Waals surface area (Å²) in [6, 6.07) is 16.6. The summed E-state index contributed by atoms with van der Waals surface area (Å²) < 4.78 is 5.27. The molecule has 1 saturated heterocycles. The van der Waals surface area contributed by atoms with Crippen molar-refractivity contribution in [2.45, 2.75) is 37.6 Å². The molecular formula is C20H25NO2. The van der Waals surface area contributed by atoms with E-state index in [1.807, 2.05) is 24.3 Å². The highest BCUT2D eigenvalue weighted by atomic mass is 16.5. The van der Waals surface area contributed by atoms with Crippen LogP contribution in [0.1, 0.15) is 36.3 Å². The summed E-state index contributed by atoms with van der Waals surface area (Å²) in [4.78, 5) is 0. The molecule has 0 amide bonds. The SMILES string of the molecule is COc1ccc(C(Cc2ccc(O)cc2)CC2CCCN2)cc1. The van der Waals surface area contributed by atoms with Crippen molar-refractivity contribution < 1.29 is 9.84 Å². The van der Waals surface area contributed by atoms with E-state index in [9.17, 15) is 5.11 Å². The van der Waals surface area contributed by atoms with E-state index in [4.69, 9.17) is 4.74 Å². The van der Waals surface area contributed by atoms with E-state index in [2.05, 4.69) is 17.4 Å². The lowest BCUT2D eigenvalue weighted by Crippen LogP contribution is -2.24. The van der Waals surface area contributed by atoms with Gasteiger partial charge in [-0.05, 0) is 73.5 Å². The molecule has 23 heavy (non-hydrogen) atoms. The molecule has 2 unspecified atom stereocenters. The molecule has 1 fully saturated rings. The van der Waals surface area contributed by atoms with Crippen molar-refractivity contribution in [3.8, 4) is 11.5 Å². The molecule has 1 heterocycles. The van der Waals surface area contributed by atoms with Crippen LogP contribution in [0.3, 0.4) is 0 Å². The third-order valence-corrected chi connectivity index (χ3v) is 4.74. The van der Waals surface area contributed by atoms with Crippen molar-refractivity contribution in [3.05, 3.63) is 59.7 Å². The van der Waals surface area contributed by atoms with E-state index in [-0.39, 0.29) is 0 Å². The molecular weight excluding hydrogens is 286 g/mol. The van der Waals surface area contributed by atoms with E-state index >= 15 is 0 Å². The molecule has 1 aliphatic rings. The van der Waals surface area contributed by atoms with Crippen molar-refractivity contribution in [1.29, 1.82) is 0 Å². The lowest BCUT2D eigenvalue weighted by molar-refractivity contribution is 0.414. The first-order chi connectivity index (χ1) is 11.2. The van der Waals surface area contributed by atoms with Gasteiger partial charge in [-0.25, -0.2) is 0 Å². The van der Waals surface area contributed by atoms with Gasteiger partial charge in [0.15, 0.2) is 0 Å². The second kappa shape index (κ2) is 7.51. The molecule has 0 aromatic heterocycles. The Morgan fingerprint density at radius 3 is 2.48 bits per heavy atom. The molecule has 1 aliphatic heterocycles. The van der Waals surface area contributed by atoms with Crippen molar-refractivity contribution in [2.24, 2.45) is 0 Å². The predicted molar refractivity (Wildman–Crippen MR) is 93.2 cm³/mol. The molecule has 2 atom stereocenters. The van der Waals surface area contributed by atoms with E-state index in [0.717, 1.165) is 25.1 Å². The van der Waals surface area contributed by atoms with Crippen LogP contribution in [0.5, 0.6) is 11.5 Å². The number of phenols is 1. The summed E-state index contributed by atoms with van der Waals surface area (Å²) >= 11 is 0. The highest BCUT2D eigenvalue weighted by Crippen LogP contribution is 2.30. The van der Waals surface area contributed by atoms with E-state index in [1.165, 1.54) is 24.0 Å². The number of methoxy groups -OCH3 is 1. The highest BCUT2D eigenvalue weighted by molar-refractivity contribution is 5.32. The topological polar surface area (TPSA) is 41.5 Å². The van der Waals surface area contributed by atoms with Crippen LogP contribution in [0.4, 0.5) is 0 Å². The molecule has 122 valence electrons. The number of rotatable bonds is 6. The van der Waals surface area contributed by atoms with Gasteiger partial charge in [0.2, 0.25) is 0 Å². The Balaban J connectivity index is 1.77. The Hall–Kier alpha value is -2.00. The third-order valence-electron chi connectivity index (χ3n) is 4.74. The van der Waals surface area contributed by atoms with E-state index in [0.29, 0.717) is 17.7 Å². The zero-order valence-electron chi connectivity index (χ0n) is 13.7. The smallest absolute Gasteiger partial charge is 0.118 e. The van der Waals surface area contributed by atoms with Crippen molar-refractivity contribution in [3.63, 3.8) is 0 Å². The molecule has 0 aliphatic carbocycles. The van der Waals surface area contributed by atoms with Gasteiger partial charge in [-0.3, -0.25) is 0 Å². The van der Waals surface area contributed by atoms with Crippen molar-refractivity contribution >= 4 is 0 Å². The Labute approximate surface area is 138 Å². The average molecular weight is 311 g/mol. The molecule has 3 nitrogen and oxygen atoms in total. The average Bonchev–Trinajstić information content (AvgIpc) is 3.09. The molecule has 3 heteroatoms. The van der Waals surface area contributed by atoms with Gasteiger partial charge in [-0.2, -0.15) is 0 Å². The van der Waals surface area contributed by atoms with E-state index in [1.54, 1.807) is 19.2 Å². The summed E-state index contributed by atoms with van der Waals surface area (Å²) in [6.45, 7) is 1.14. The third kappa shape index (κ3) is 4.26. The first-order valence-electron chi connectivity index (χ1n) is 8.40. The minimum Gasteiger partial charge on any atom is -0.508 e. The summed E-state index contributed by atoms with van der Waals surface area (Å²) in [5.41, 5.74) is 2.62. The van der Waals surface area contributed by atoms with Crippen LogP contribution in [0.2, 0.25) is 0 Å². The van der Waals surface area contributed by atoms with E-state index < -0.39 is 0 Å². The molecule has 2 N–H and O–H groups in total. The van der Waals surface area contributed by atoms with Gasteiger partial charge in [0.1, 0.15) is 11.5 Å². The predicted octanol–water partition coefficient (Wildman–Crippen LogP) is 3.87. The number of ether oxygens (including phenoxy) is 1. The van der Waals surface area contributed by atoms with Crippen LogP contribution < -0.4 is 10.1 Å². The van der Waals surface area contributed by atoms with Crippen LogP contribution in [-0.2, 0) is 6.42 Å². The van der Waals surface area contributed by atoms with Crippen molar-refractivity contribution in [2.75, 3.05) is 13.7 Å². The maximum absolute atomic E-state index is 9.47. The summed E-state index contributed by atoms with van der Waals surface area (Å²) in [5.74, 6) is 1.70. The Kier molecular flexibility index (Phi) is 5.19. The molecule has 2 aromatic carbocycles. The Bertz CT molecular complexity index is 601. The largest absolute Gasteiger partial charge is 0.508 e. The number of hydrogen-bond donors (Lipinski definition) is 2. The first-order valence-corrected chi connectivity index (χ1v) is 8.40. The maximum atomic E-state index is 9.47. The fraction of sp³-hybridized carbons (Fsp3) is 0.400. The molecule has 0 saturated carbocycles. The minimum absolute atomic E-state index is 0.326. The van der Waals surface area contributed by atoms with Crippen LogP contribution in [-0.4, -0.2) is 24.8 Å². The second-order valence-electron chi connectivity index (χ2n) is 6.37. The maximum Gasteiger partial charge on any atom is 0.118 e. The van der Waals surface area contributed by atoms with Gasteiger partial charge < -0.3 is 15.2 Å². The quantitative estimate of drug-likeness (QED) is 0.851. The zero-order chi connectivity index (χ0) is 16.1. The molecule has 0 bridgehead atoms. The van der Waals surface area contributed by atoms with Gasteiger partial charge in [0, 0.05) is 6.04 Å². The fourth-order valence-corrected chi connectivity index (χ4v) is 3.43. The second-order valence-corrected chi connectivity index (χ2v) is 6.37. The number of phenolic OH excluding ortho intramolecular Hbond substituents is 1. The number of benzene rings is 2. The molecule has 0 spiro atoms. The molecule has 3 rings (SSSR count). The molecule has 2 aromatic rings. The minimum atomic E-state index is 0.326. The van der Waals surface area contributed by atoms with Gasteiger partial charge in [0.05, 0.1) is 7.11 Å². The summed E-state index contributed by atoms with van der Waals surface area (Å²) in [5, 5.41) is 13.1. The summed E-state index contributed by atoms with van der Waals surface area (Å²) in [7, 11) is 1.70. The van der Waals surface area contributed by atoms with Crippen molar-refractivity contribution in [1.82, 2.24) is 5.32 Å². The normalized spacial score (nSPS) is 18.7. The Morgan fingerprint density at radius 1 is 1.13 bits per heavy atom.